The maximum absolute atomic E-state index is 12.0. The first-order valence-corrected chi connectivity index (χ1v) is 7.12. The lowest BCUT2D eigenvalue weighted by Gasteiger charge is -2.24. The van der Waals surface area contributed by atoms with Crippen molar-refractivity contribution < 1.29 is 24.2 Å². The van der Waals surface area contributed by atoms with Crippen LogP contribution in [0.15, 0.2) is 60.7 Å². The minimum absolute atomic E-state index is 0.0751. The third-order valence-corrected chi connectivity index (χ3v) is 3.42. The van der Waals surface area contributed by atoms with Crippen LogP contribution in [0.3, 0.4) is 0 Å². The zero-order chi connectivity index (χ0) is 16.7. The largest absolute Gasteiger partial charge is 0.467 e. The number of aliphatic hydroxyl groups is 1. The minimum atomic E-state index is -2.07. The van der Waals surface area contributed by atoms with Crippen molar-refractivity contribution in [2.75, 3.05) is 7.11 Å². The molecule has 2 aromatic rings. The maximum Gasteiger partial charge on any atom is 0.343 e. The van der Waals surface area contributed by atoms with Gasteiger partial charge in [-0.05, 0) is 11.1 Å². The van der Waals surface area contributed by atoms with Gasteiger partial charge in [-0.25, -0.2) is 4.79 Å². The van der Waals surface area contributed by atoms with Gasteiger partial charge in [-0.15, -0.1) is 0 Å². The Bertz CT molecular complexity index is 654. The summed E-state index contributed by atoms with van der Waals surface area (Å²) < 4.78 is 9.77. The maximum atomic E-state index is 12.0. The molecule has 2 aromatic carbocycles. The van der Waals surface area contributed by atoms with Crippen LogP contribution in [0.1, 0.15) is 17.5 Å². The number of esters is 2. The molecule has 5 heteroatoms. The van der Waals surface area contributed by atoms with Gasteiger partial charge in [0.05, 0.1) is 13.5 Å². The fourth-order valence-electron chi connectivity index (χ4n) is 2.17. The second-order valence-corrected chi connectivity index (χ2v) is 5.04. The fraction of sp³-hybridized carbons (Fsp3) is 0.222. The molecule has 1 N–H and O–H groups in total. The summed E-state index contributed by atoms with van der Waals surface area (Å²) in [4.78, 5) is 24.0. The van der Waals surface area contributed by atoms with Gasteiger partial charge in [0.25, 0.3) is 0 Å². The lowest BCUT2D eigenvalue weighted by atomic mass is 9.90. The van der Waals surface area contributed by atoms with Gasteiger partial charge in [-0.2, -0.15) is 0 Å². The summed E-state index contributed by atoms with van der Waals surface area (Å²) in [7, 11) is 1.16. The van der Waals surface area contributed by atoms with E-state index >= 15 is 0 Å². The average molecular weight is 314 g/mol. The van der Waals surface area contributed by atoms with Crippen molar-refractivity contribution in [3.8, 4) is 0 Å². The highest BCUT2D eigenvalue weighted by atomic mass is 16.5. The molecule has 1 atom stereocenters. The molecule has 0 amide bonds. The summed E-state index contributed by atoms with van der Waals surface area (Å²) in [5, 5.41) is 10.6. The smallest absolute Gasteiger partial charge is 0.343 e. The van der Waals surface area contributed by atoms with Crippen LogP contribution in [0.2, 0.25) is 0 Å². The lowest BCUT2D eigenvalue weighted by molar-refractivity contribution is -0.171. The molecule has 0 bridgehead atoms. The van der Waals surface area contributed by atoms with Gasteiger partial charge in [-0.1, -0.05) is 60.7 Å². The first-order valence-electron chi connectivity index (χ1n) is 7.12. The van der Waals surface area contributed by atoms with Gasteiger partial charge in [-0.3, -0.25) is 4.79 Å². The Balaban J connectivity index is 2.09. The molecule has 0 aliphatic rings. The molecule has 0 unspecified atom stereocenters. The number of ether oxygens (including phenoxy) is 2. The van der Waals surface area contributed by atoms with Crippen LogP contribution in [-0.4, -0.2) is 24.2 Å². The number of carbonyl (C=O) groups is 2. The molecule has 2 rings (SSSR count). The van der Waals surface area contributed by atoms with Crippen molar-refractivity contribution in [1.82, 2.24) is 0 Å². The molecule has 23 heavy (non-hydrogen) atoms. The minimum Gasteiger partial charge on any atom is -0.467 e. The van der Waals surface area contributed by atoms with Gasteiger partial charge >= 0.3 is 11.9 Å². The van der Waals surface area contributed by atoms with Gasteiger partial charge in [0.2, 0.25) is 0 Å². The van der Waals surface area contributed by atoms with Crippen molar-refractivity contribution in [2.45, 2.75) is 18.6 Å². The van der Waals surface area contributed by atoms with Gasteiger partial charge in [0.15, 0.2) is 5.60 Å². The Hall–Kier alpha value is -2.66. The highest BCUT2D eigenvalue weighted by molar-refractivity contribution is 5.86. The van der Waals surface area contributed by atoms with Crippen LogP contribution in [0, 0.1) is 0 Å². The third-order valence-electron chi connectivity index (χ3n) is 3.42. The van der Waals surface area contributed by atoms with Gasteiger partial charge in [0.1, 0.15) is 6.61 Å². The van der Waals surface area contributed by atoms with Crippen LogP contribution in [0.5, 0.6) is 0 Å². The third kappa shape index (κ3) is 4.17. The normalized spacial score (nSPS) is 13.0. The van der Waals surface area contributed by atoms with E-state index in [4.69, 9.17) is 4.74 Å². The summed E-state index contributed by atoms with van der Waals surface area (Å²) in [6.45, 7) is 0.0751. The molecule has 0 radical (unpaired) electrons. The van der Waals surface area contributed by atoms with Crippen LogP contribution in [0.25, 0.3) is 0 Å². The zero-order valence-corrected chi connectivity index (χ0v) is 12.8. The molecular weight excluding hydrogens is 296 g/mol. The van der Waals surface area contributed by atoms with Crippen LogP contribution < -0.4 is 0 Å². The second kappa shape index (κ2) is 7.56. The molecule has 0 aliphatic heterocycles. The molecule has 0 heterocycles. The van der Waals surface area contributed by atoms with E-state index in [1.165, 1.54) is 0 Å². The fourth-order valence-corrected chi connectivity index (χ4v) is 2.17. The van der Waals surface area contributed by atoms with E-state index in [9.17, 15) is 14.7 Å². The molecule has 0 saturated carbocycles. The Morgan fingerprint density at radius 3 is 2.13 bits per heavy atom. The van der Waals surface area contributed by atoms with Crippen LogP contribution >= 0.6 is 0 Å². The molecular formula is C18H18O5. The highest BCUT2D eigenvalue weighted by Gasteiger charge is 2.42. The predicted octanol–water partition coefficient (Wildman–Crippen LogP) is 2.18. The molecule has 0 fully saturated rings. The topological polar surface area (TPSA) is 72.8 Å². The summed E-state index contributed by atoms with van der Waals surface area (Å²) >= 11 is 0. The molecule has 120 valence electrons. The number of hydrogen-bond donors (Lipinski definition) is 1. The Morgan fingerprint density at radius 2 is 1.57 bits per heavy atom. The first kappa shape index (κ1) is 16.7. The van der Waals surface area contributed by atoms with E-state index in [-0.39, 0.29) is 12.2 Å². The molecule has 0 aliphatic carbocycles. The number of carbonyl (C=O) groups excluding carboxylic acids is 2. The van der Waals surface area contributed by atoms with E-state index < -0.39 is 24.0 Å². The zero-order valence-electron chi connectivity index (χ0n) is 12.8. The SMILES string of the molecule is COC(=O)[C@](O)(CC(=O)OCc1ccccc1)c1ccccc1. The number of hydrogen-bond acceptors (Lipinski definition) is 5. The number of benzene rings is 2. The monoisotopic (exact) mass is 314 g/mol. The quantitative estimate of drug-likeness (QED) is 0.827. The molecule has 0 aromatic heterocycles. The number of rotatable bonds is 6. The number of methoxy groups -OCH3 is 1. The van der Waals surface area contributed by atoms with E-state index in [0.717, 1.165) is 12.7 Å². The van der Waals surface area contributed by atoms with Crippen molar-refractivity contribution in [3.63, 3.8) is 0 Å². The Kier molecular flexibility index (Phi) is 5.49. The van der Waals surface area contributed by atoms with E-state index in [2.05, 4.69) is 4.74 Å². The van der Waals surface area contributed by atoms with E-state index in [1.807, 2.05) is 30.3 Å². The highest BCUT2D eigenvalue weighted by Crippen LogP contribution is 2.27. The second-order valence-electron chi connectivity index (χ2n) is 5.04. The van der Waals surface area contributed by atoms with Gasteiger partial charge in [0, 0.05) is 0 Å². The van der Waals surface area contributed by atoms with E-state index in [1.54, 1.807) is 30.3 Å². The average Bonchev–Trinajstić information content (AvgIpc) is 2.60. The first-order chi connectivity index (χ1) is 11.1. The van der Waals surface area contributed by atoms with Crippen LogP contribution in [0.4, 0.5) is 0 Å². The summed E-state index contributed by atoms with van der Waals surface area (Å²) in [6.07, 6.45) is -0.517. The standard InChI is InChI=1S/C18H18O5/c1-22-17(20)18(21,15-10-6-3-7-11-15)12-16(19)23-13-14-8-4-2-5-9-14/h2-11,21H,12-13H2,1H3/t18-/m0/s1. The summed E-state index contributed by atoms with van der Waals surface area (Å²) in [5.41, 5.74) is -0.963. The van der Waals surface area contributed by atoms with E-state index in [0.29, 0.717) is 0 Å². The predicted molar refractivity (Wildman–Crippen MR) is 83.2 cm³/mol. The van der Waals surface area contributed by atoms with Crippen LogP contribution in [-0.2, 0) is 31.3 Å². The lowest BCUT2D eigenvalue weighted by Crippen LogP contribution is -2.39. The summed E-state index contributed by atoms with van der Waals surface area (Å²) in [5.74, 6) is -1.59. The molecule has 0 saturated heterocycles. The van der Waals surface area contributed by atoms with Crippen molar-refractivity contribution >= 4 is 11.9 Å². The molecule has 5 nitrogen and oxygen atoms in total. The molecule has 0 spiro atoms. The Morgan fingerprint density at radius 1 is 1.00 bits per heavy atom. The van der Waals surface area contributed by atoms with Crippen molar-refractivity contribution in [2.24, 2.45) is 0 Å². The summed E-state index contributed by atoms with van der Waals surface area (Å²) in [6, 6.07) is 17.3. The van der Waals surface area contributed by atoms with Crippen molar-refractivity contribution in [3.05, 3.63) is 71.8 Å². The van der Waals surface area contributed by atoms with Crippen molar-refractivity contribution in [1.29, 1.82) is 0 Å². The Labute approximate surface area is 134 Å². The van der Waals surface area contributed by atoms with Gasteiger partial charge < -0.3 is 14.6 Å².